The molecule has 6 heterocycles. The second-order valence-electron chi connectivity index (χ2n) is 23.0. The SMILES string of the molecule is Fc1c(F)c(F)c(-c2cc(-n3c4cc(-c5cccnc5-c5ccccc5)ccc4c4ccc(-c5cccnc5-c5ccccc5)cc43)c(-n3c4cc(-c5cccnc5-c5ccccc5)ccc4c4ccc(-c5cccnc5-c5ccccc5)cc43)cc2C(F)(F)F)c(F)c1F. The van der Waals surface area contributed by atoms with Crippen molar-refractivity contribution >= 4 is 43.6 Å². The van der Waals surface area contributed by atoms with Gasteiger partial charge in [-0.25, -0.2) is 22.0 Å². The molecule has 0 atom stereocenters. The Morgan fingerprint density at radius 2 is 0.526 bits per heavy atom. The Bertz CT molecular complexity index is 5410. The number of hydrogen-bond donors (Lipinski definition) is 0. The predicted molar refractivity (Wildman–Crippen MR) is 360 cm³/mol. The maximum atomic E-state index is 16.9. The molecule has 0 aliphatic carbocycles. The van der Waals surface area contributed by atoms with E-state index in [4.69, 9.17) is 19.9 Å². The Morgan fingerprint density at radius 3 is 0.811 bits per heavy atom. The Kier molecular flexibility index (Phi) is 14.2. The summed E-state index contributed by atoms with van der Waals surface area (Å²) < 4.78 is 134. The Balaban J connectivity index is 1.09. The van der Waals surface area contributed by atoms with E-state index < -0.39 is 52.0 Å². The van der Waals surface area contributed by atoms with Crippen molar-refractivity contribution < 1.29 is 35.1 Å². The third-order valence-electron chi connectivity index (χ3n) is 17.6. The molecule has 0 N–H and O–H groups in total. The standard InChI is InChI=1S/C81H46F8N6/c82-72-71(73(83)75(85)76(86)74(72)84)63-45-69(94-65-41-51(55-25-13-37-90-77(55)47-17-5-1-6-18-47)29-33-59(65)60-34-30-52(42-66(60)94)56-26-14-38-91-78(56)48-19-7-2-8-20-48)70(46-64(63)81(87,88)89)95-67-43-53(57-27-15-39-92-79(57)49-21-9-3-10-22-49)31-35-61(67)62-36-32-54(44-68(62)95)58-28-16-40-93-80(58)50-23-11-4-12-24-50/h1-46H. The molecule has 0 aliphatic heterocycles. The lowest BCUT2D eigenvalue weighted by atomic mass is 9.95. The summed E-state index contributed by atoms with van der Waals surface area (Å²) in [4.78, 5) is 19.4. The molecule has 16 aromatic rings. The molecule has 0 saturated carbocycles. The molecule has 10 aromatic carbocycles. The van der Waals surface area contributed by atoms with E-state index in [1.807, 2.05) is 218 Å². The number of rotatable bonds is 11. The van der Waals surface area contributed by atoms with Gasteiger partial charge in [0.2, 0.25) is 5.82 Å². The highest BCUT2D eigenvalue weighted by atomic mass is 19.4. The first-order valence-electron chi connectivity index (χ1n) is 30.4. The third-order valence-corrected chi connectivity index (χ3v) is 17.6. The number of pyridine rings is 4. The number of aromatic nitrogens is 6. The summed E-state index contributed by atoms with van der Waals surface area (Å²) >= 11 is 0. The van der Waals surface area contributed by atoms with Crippen LogP contribution in [0.1, 0.15) is 5.56 Å². The molecule has 456 valence electrons. The molecule has 0 bridgehead atoms. The van der Waals surface area contributed by atoms with Gasteiger partial charge in [-0.05, 0) is 82.9 Å². The van der Waals surface area contributed by atoms with E-state index in [1.165, 1.54) is 0 Å². The summed E-state index contributed by atoms with van der Waals surface area (Å²) in [6.07, 6.45) is 1.20. The average molecular weight is 1260 g/mol. The maximum Gasteiger partial charge on any atom is 0.417 e. The van der Waals surface area contributed by atoms with Crippen molar-refractivity contribution in [2.45, 2.75) is 6.18 Å². The van der Waals surface area contributed by atoms with Gasteiger partial charge in [0, 0.05) is 96.4 Å². The van der Waals surface area contributed by atoms with Crippen LogP contribution >= 0.6 is 0 Å². The van der Waals surface area contributed by atoms with Crippen molar-refractivity contribution in [3.63, 3.8) is 0 Å². The van der Waals surface area contributed by atoms with Gasteiger partial charge in [0.25, 0.3) is 0 Å². The number of alkyl halides is 3. The Hall–Kier alpha value is -12.2. The maximum absolute atomic E-state index is 16.9. The van der Waals surface area contributed by atoms with E-state index in [0.717, 1.165) is 34.4 Å². The largest absolute Gasteiger partial charge is 0.417 e. The van der Waals surface area contributed by atoms with Gasteiger partial charge in [-0.15, -0.1) is 0 Å². The second-order valence-corrected chi connectivity index (χ2v) is 23.0. The highest BCUT2D eigenvalue weighted by molar-refractivity contribution is 6.14. The first-order chi connectivity index (χ1) is 46.4. The molecule has 16 rings (SSSR count). The Labute approximate surface area is 537 Å². The van der Waals surface area contributed by atoms with Crippen LogP contribution in [0.15, 0.2) is 280 Å². The molecule has 0 fully saturated rings. The van der Waals surface area contributed by atoms with Crippen LogP contribution in [0.2, 0.25) is 0 Å². The van der Waals surface area contributed by atoms with Crippen molar-refractivity contribution in [3.05, 3.63) is 314 Å². The Morgan fingerprint density at radius 1 is 0.253 bits per heavy atom. The van der Waals surface area contributed by atoms with Gasteiger partial charge >= 0.3 is 6.18 Å². The highest BCUT2D eigenvalue weighted by Crippen LogP contribution is 2.49. The van der Waals surface area contributed by atoms with Crippen LogP contribution in [0.25, 0.3) is 156 Å². The number of benzene rings is 10. The smallest absolute Gasteiger partial charge is 0.307 e. The van der Waals surface area contributed by atoms with Crippen LogP contribution in [0.4, 0.5) is 35.1 Å². The van der Waals surface area contributed by atoms with E-state index >= 15 is 35.1 Å². The zero-order valence-corrected chi connectivity index (χ0v) is 49.8. The van der Waals surface area contributed by atoms with Crippen LogP contribution in [0.3, 0.4) is 0 Å². The topological polar surface area (TPSA) is 61.4 Å². The molecule has 6 aromatic heterocycles. The molecular weight excluding hydrogens is 1210 g/mol. The lowest BCUT2D eigenvalue weighted by Gasteiger charge is -2.23. The summed E-state index contributed by atoms with van der Waals surface area (Å²) in [5, 5.41) is 2.39. The van der Waals surface area contributed by atoms with Gasteiger partial charge in [-0.2, -0.15) is 13.2 Å². The first-order valence-corrected chi connectivity index (χ1v) is 30.4. The average Bonchev–Trinajstić information content (AvgIpc) is 1.61. The molecule has 14 heteroatoms. The number of hydrogen-bond acceptors (Lipinski definition) is 4. The van der Waals surface area contributed by atoms with Crippen molar-refractivity contribution in [2.75, 3.05) is 0 Å². The summed E-state index contributed by atoms with van der Waals surface area (Å²) in [5.74, 6) is -12.3. The summed E-state index contributed by atoms with van der Waals surface area (Å²) in [6, 6.07) is 77.4. The van der Waals surface area contributed by atoms with E-state index in [9.17, 15) is 0 Å². The van der Waals surface area contributed by atoms with Crippen LogP contribution in [0.5, 0.6) is 0 Å². The third kappa shape index (κ3) is 9.88. The quantitative estimate of drug-likeness (QED) is 0.0735. The lowest BCUT2D eigenvalue weighted by molar-refractivity contribution is -0.137. The predicted octanol–water partition coefficient (Wildman–Crippen LogP) is 22.2. The zero-order valence-electron chi connectivity index (χ0n) is 49.8. The van der Waals surface area contributed by atoms with E-state index in [2.05, 4.69) is 0 Å². The van der Waals surface area contributed by atoms with E-state index in [0.29, 0.717) is 111 Å². The van der Waals surface area contributed by atoms with E-state index in [-0.39, 0.29) is 11.4 Å². The van der Waals surface area contributed by atoms with Crippen LogP contribution in [-0.4, -0.2) is 29.1 Å². The monoisotopic (exact) mass is 1250 g/mol. The minimum Gasteiger partial charge on any atom is -0.307 e. The molecule has 6 nitrogen and oxygen atoms in total. The van der Waals surface area contributed by atoms with Gasteiger partial charge in [-0.3, -0.25) is 19.9 Å². The van der Waals surface area contributed by atoms with Gasteiger partial charge in [0.05, 0.1) is 67.3 Å². The number of halogens is 8. The second kappa shape index (κ2) is 23.2. The lowest BCUT2D eigenvalue weighted by Crippen LogP contribution is -2.14. The van der Waals surface area contributed by atoms with Crippen molar-refractivity contribution in [2.24, 2.45) is 0 Å². The van der Waals surface area contributed by atoms with Crippen molar-refractivity contribution in [3.8, 4) is 112 Å². The summed E-state index contributed by atoms with van der Waals surface area (Å²) in [6.45, 7) is 0. The van der Waals surface area contributed by atoms with Gasteiger partial charge in [-0.1, -0.05) is 194 Å². The molecular formula is C81H46F8N6. The normalized spacial score (nSPS) is 11.8. The van der Waals surface area contributed by atoms with Gasteiger partial charge < -0.3 is 9.13 Å². The minimum absolute atomic E-state index is 0.137. The van der Waals surface area contributed by atoms with Crippen LogP contribution in [-0.2, 0) is 6.18 Å². The molecule has 0 aliphatic rings. The van der Waals surface area contributed by atoms with Gasteiger partial charge in [0.1, 0.15) is 0 Å². The molecule has 95 heavy (non-hydrogen) atoms. The van der Waals surface area contributed by atoms with Gasteiger partial charge in [0.15, 0.2) is 23.3 Å². The molecule has 0 amide bonds. The minimum atomic E-state index is -5.51. The van der Waals surface area contributed by atoms with Crippen molar-refractivity contribution in [1.29, 1.82) is 0 Å². The van der Waals surface area contributed by atoms with Crippen LogP contribution < -0.4 is 0 Å². The number of fused-ring (bicyclic) bond motifs is 6. The van der Waals surface area contributed by atoms with Crippen molar-refractivity contribution in [1.82, 2.24) is 29.1 Å². The summed E-state index contributed by atoms with van der Waals surface area (Å²) in [7, 11) is 0. The fourth-order valence-corrected chi connectivity index (χ4v) is 13.3. The number of nitrogens with zero attached hydrogens (tertiary/aromatic N) is 6. The fraction of sp³-hybridized carbons (Fsp3) is 0.0123. The molecule has 0 spiro atoms. The molecule has 0 saturated heterocycles. The molecule has 0 unspecified atom stereocenters. The first kappa shape index (κ1) is 58.0. The zero-order chi connectivity index (χ0) is 64.6. The van der Waals surface area contributed by atoms with Crippen LogP contribution in [0, 0.1) is 29.1 Å². The highest BCUT2D eigenvalue weighted by Gasteiger charge is 2.39. The van der Waals surface area contributed by atoms with E-state index in [1.54, 1.807) is 58.2 Å². The fourth-order valence-electron chi connectivity index (χ4n) is 13.3. The molecule has 0 radical (unpaired) electrons. The summed E-state index contributed by atoms with van der Waals surface area (Å²) in [5.41, 5.74) is 7.44.